The Balaban J connectivity index is 1.75. The van der Waals surface area contributed by atoms with Crippen LogP contribution < -0.4 is 4.90 Å². The lowest BCUT2D eigenvalue weighted by Gasteiger charge is -2.52. The van der Waals surface area contributed by atoms with Crippen molar-refractivity contribution in [3.63, 3.8) is 0 Å². The number of rotatable bonds is 5. The van der Waals surface area contributed by atoms with Crippen LogP contribution in [0, 0.1) is 25.2 Å². The molecule has 3 atom stereocenters. The van der Waals surface area contributed by atoms with E-state index in [9.17, 15) is 10.4 Å². The Bertz CT molecular complexity index is 1070. The maximum atomic E-state index is 10.2. The van der Waals surface area contributed by atoms with Gasteiger partial charge in [0.15, 0.2) is 5.13 Å². The van der Waals surface area contributed by atoms with Gasteiger partial charge in [0.2, 0.25) is 0 Å². The first-order chi connectivity index (χ1) is 14.1. The standard InChI is InChI=1S/C24H25N3OS/c1-4-22-16(3)26-24(29-22)27-20(13-25)23(21(27)14-28)19-11-6-5-10-18(19)17-9-7-8-15(2)12-17/h5-12,20-21,23,28H,4,14H2,1-3H3/t20-,21-,23+/m0/s1. The predicted octanol–water partition coefficient (Wildman–Crippen LogP) is 4.85. The van der Waals surface area contributed by atoms with Crippen LogP contribution in [-0.4, -0.2) is 28.8 Å². The van der Waals surface area contributed by atoms with Gasteiger partial charge in [-0.1, -0.05) is 61.0 Å². The van der Waals surface area contributed by atoms with Gasteiger partial charge in [0, 0.05) is 10.8 Å². The zero-order valence-corrected chi connectivity index (χ0v) is 17.8. The lowest BCUT2D eigenvalue weighted by molar-refractivity contribution is 0.188. The van der Waals surface area contributed by atoms with Gasteiger partial charge in [-0.3, -0.25) is 0 Å². The Kier molecular flexibility index (Phi) is 5.40. The number of hydrogen-bond acceptors (Lipinski definition) is 5. The first-order valence-corrected chi connectivity index (χ1v) is 10.8. The molecule has 3 aromatic rings. The molecule has 1 aliphatic heterocycles. The van der Waals surface area contributed by atoms with Crippen molar-refractivity contribution in [1.82, 2.24) is 4.98 Å². The Labute approximate surface area is 176 Å². The summed E-state index contributed by atoms with van der Waals surface area (Å²) in [7, 11) is 0. The molecule has 0 unspecified atom stereocenters. The van der Waals surface area contributed by atoms with Gasteiger partial charge in [-0.2, -0.15) is 5.26 Å². The molecule has 0 spiro atoms. The van der Waals surface area contributed by atoms with Crippen LogP contribution in [0.25, 0.3) is 11.1 Å². The summed E-state index contributed by atoms with van der Waals surface area (Å²) in [6.07, 6.45) is 0.929. The first kappa shape index (κ1) is 19.6. The van der Waals surface area contributed by atoms with Gasteiger partial charge >= 0.3 is 0 Å². The van der Waals surface area contributed by atoms with Crippen LogP contribution in [0.1, 0.15) is 34.5 Å². The molecule has 0 radical (unpaired) electrons. The van der Waals surface area contributed by atoms with Crippen LogP contribution >= 0.6 is 11.3 Å². The average molecular weight is 404 g/mol. The maximum absolute atomic E-state index is 10.2. The Morgan fingerprint density at radius 2 is 1.97 bits per heavy atom. The normalized spacial score (nSPS) is 20.9. The van der Waals surface area contributed by atoms with Gasteiger partial charge in [-0.15, -0.1) is 11.3 Å². The van der Waals surface area contributed by atoms with Crippen molar-refractivity contribution in [3.8, 4) is 17.2 Å². The molecule has 2 aromatic carbocycles. The van der Waals surface area contributed by atoms with Crippen molar-refractivity contribution in [2.45, 2.75) is 45.2 Å². The Morgan fingerprint density at radius 3 is 2.62 bits per heavy atom. The molecule has 1 aromatic heterocycles. The van der Waals surface area contributed by atoms with Gasteiger partial charge in [0.05, 0.1) is 24.4 Å². The molecule has 4 nitrogen and oxygen atoms in total. The van der Waals surface area contributed by atoms with Crippen molar-refractivity contribution in [2.24, 2.45) is 0 Å². The molecule has 2 heterocycles. The molecule has 148 valence electrons. The third kappa shape index (κ3) is 3.33. The van der Waals surface area contributed by atoms with Crippen LogP contribution in [0.5, 0.6) is 0 Å². The SMILES string of the molecule is CCc1sc(N2[C@@H](C#N)[C@@H](c3ccccc3-c3cccc(C)c3)[C@@H]2CO)nc1C. The second-order valence-corrected chi connectivity index (χ2v) is 8.63. The highest BCUT2D eigenvalue weighted by molar-refractivity contribution is 7.15. The molecule has 4 rings (SSSR count). The fourth-order valence-electron chi connectivity index (χ4n) is 4.36. The topological polar surface area (TPSA) is 60.2 Å². The summed E-state index contributed by atoms with van der Waals surface area (Å²) in [5.74, 6) is -0.0593. The molecular formula is C24H25N3OS. The fourth-order valence-corrected chi connectivity index (χ4v) is 5.45. The van der Waals surface area contributed by atoms with Gasteiger partial charge in [0.1, 0.15) is 6.04 Å². The third-order valence-corrected chi connectivity index (χ3v) is 7.12. The average Bonchev–Trinajstić information content (AvgIpc) is 3.08. The fraction of sp³-hybridized carbons (Fsp3) is 0.333. The molecule has 0 bridgehead atoms. The lowest BCUT2D eigenvalue weighted by Crippen LogP contribution is -2.63. The molecule has 5 heteroatoms. The van der Waals surface area contributed by atoms with E-state index in [1.807, 2.05) is 24.0 Å². The molecule has 1 aliphatic rings. The summed E-state index contributed by atoms with van der Waals surface area (Å²) in [4.78, 5) is 7.94. The minimum Gasteiger partial charge on any atom is -0.394 e. The van der Waals surface area contributed by atoms with E-state index < -0.39 is 0 Å². The Morgan fingerprint density at radius 1 is 1.17 bits per heavy atom. The van der Waals surface area contributed by atoms with E-state index >= 15 is 0 Å². The number of aliphatic hydroxyl groups is 1. The number of thiazole rings is 1. The van der Waals surface area contributed by atoms with Crippen LogP contribution in [0.4, 0.5) is 5.13 Å². The van der Waals surface area contributed by atoms with E-state index in [-0.39, 0.29) is 24.6 Å². The number of aromatic nitrogens is 1. The van der Waals surface area contributed by atoms with Crippen molar-refractivity contribution in [2.75, 3.05) is 11.5 Å². The lowest BCUT2D eigenvalue weighted by atomic mass is 9.74. The second-order valence-electron chi connectivity index (χ2n) is 7.57. The van der Waals surface area contributed by atoms with E-state index in [0.29, 0.717) is 0 Å². The summed E-state index contributed by atoms with van der Waals surface area (Å²) in [5, 5.41) is 21.1. The number of aliphatic hydroxyl groups excluding tert-OH is 1. The van der Waals surface area contributed by atoms with E-state index in [4.69, 9.17) is 4.98 Å². The zero-order valence-electron chi connectivity index (χ0n) is 17.0. The molecule has 0 saturated carbocycles. The minimum absolute atomic E-state index is 0.00884. The Hall–Kier alpha value is -2.68. The minimum atomic E-state index is -0.339. The highest BCUT2D eigenvalue weighted by Gasteiger charge is 2.51. The smallest absolute Gasteiger partial charge is 0.187 e. The number of aryl methyl sites for hydroxylation is 3. The van der Waals surface area contributed by atoms with Gasteiger partial charge in [0.25, 0.3) is 0 Å². The van der Waals surface area contributed by atoms with Crippen molar-refractivity contribution in [1.29, 1.82) is 5.26 Å². The molecule has 29 heavy (non-hydrogen) atoms. The molecule has 1 fully saturated rings. The summed E-state index contributed by atoms with van der Waals surface area (Å²) < 4.78 is 0. The molecule has 0 aliphatic carbocycles. The van der Waals surface area contributed by atoms with Crippen LogP contribution in [0.2, 0.25) is 0 Å². The predicted molar refractivity (Wildman–Crippen MR) is 118 cm³/mol. The van der Waals surface area contributed by atoms with E-state index in [1.165, 1.54) is 10.4 Å². The highest BCUT2D eigenvalue weighted by atomic mass is 32.1. The van der Waals surface area contributed by atoms with Gasteiger partial charge in [-0.05, 0) is 37.0 Å². The van der Waals surface area contributed by atoms with Crippen molar-refractivity contribution in [3.05, 3.63) is 70.2 Å². The summed E-state index contributed by atoms with van der Waals surface area (Å²) in [6.45, 7) is 6.21. The van der Waals surface area contributed by atoms with Gasteiger partial charge in [-0.25, -0.2) is 4.98 Å². The highest BCUT2D eigenvalue weighted by Crippen LogP contribution is 2.47. The quantitative estimate of drug-likeness (QED) is 0.662. The molecule has 1 N–H and O–H groups in total. The van der Waals surface area contributed by atoms with Gasteiger partial charge < -0.3 is 10.0 Å². The summed E-state index contributed by atoms with van der Waals surface area (Å²) in [6, 6.07) is 18.7. The van der Waals surface area contributed by atoms with E-state index in [0.717, 1.165) is 33.9 Å². The monoisotopic (exact) mass is 403 g/mol. The van der Waals surface area contributed by atoms with Crippen LogP contribution in [-0.2, 0) is 6.42 Å². The summed E-state index contributed by atoms with van der Waals surface area (Å²) >= 11 is 1.63. The zero-order chi connectivity index (χ0) is 20.5. The van der Waals surface area contributed by atoms with Crippen LogP contribution in [0.15, 0.2) is 48.5 Å². The largest absolute Gasteiger partial charge is 0.394 e. The molecule has 1 saturated heterocycles. The number of benzene rings is 2. The number of anilines is 1. The number of nitriles is 1. The second kappa shape index (κ2) is 7.98. The van der Waals surface area contributed by atoms with Crippen LogP contribution in [0.3, 0.4) is 0 Å². The van der Waals surface area contributed by atoms with Crippen molar-refractivity contribution < 1.29 is 5.11 Å². The van der Waals surface area contributed by atoms with Crippen molar-refractivity contribution >= 4 is 16.5 Å². The summed E-state index contributed by atoms with van der Waals surface area (Å²) in [5.41, 5.74) is 5.61. The number of nitrogens with zero attached hydrogens (tertiary/aromatic N) is 3. The maximum Gasteiger partial charge on any atom is 0.187 e. The van der Waals surface area contributed by atoms with E-state index in [2.05, 4.69) is 56.3 Å². The number of hydrogen-bond donors (Lipinski definition) is 1. The van der Waals surface area contributed by atoms with E-state index in [1.54, 1.807) is 11.3 Å². The third-order valence-electron chi connectivity index (χ3n) is 5.80. The molecule has 0 amide bonds. The first-order valence-electron chi connectivity index (χ1n) is 10.00. The molecular weight excluding hydrogens is 378 g/mol.